The number of methoxy groups -OCH3 is 1. The Morgan fingerprint density at radius 1 is 1.02 bits per heavy atom. The molecule has 2 aliphatic heterocycles. The van der Waals surface area contributed by atoms with Crippen LogP contribution in [0.4, 0.5) is 0 Å². The van der Waals surface area contributed by atoms with Crippen molar-refractivity contribution in [2.45, 2.75) is 104 Å². The molecule has 1 aromatic rings. The number of cyclic esters (lactones) is 1. The van der Waals surface area contributed by atoms with Crippen molar-refractivity contribution >= 4 is 35.6 Å². The fourth-order valence-corrected chi connectivity index (χ4v) is 9.01. The highest BCUT2D eigenvalue weighted by Crippen LogP contribution is 2.71. The first-order valence-electron chi connectivity index (χ1n) is 16.3. The Labute approximate surface area is 289 Å². The lowest BCUT2D eigenvalue weighted by Crippen LogP contribution is -2.74. The molecule has 2 aliphatic carbocycles. The molecule has 5 rings (SSSR count). The molecule has 2 bridgehead atoms. The van der Waals surface area contributed by atoms with Gasteiger partial charge in [0, 0.05) is 30.4 Å². The highest BCUT2D eigenvalue weighted by molar-refractivity contribution is 5.95. The van der Waals surface area contributed by atoms with Gasteiger partial charge < -0.3 is 37.9 Å². The summed E-state index contributed by atoms with van der Waals surface area (Å²) in [5.41, 5.74) is -6.72. The third-order valence-corrected chi connectivity index (χ3v) is 11.6. The van der Waals surface area contributed by atoms with E-state index in [1.165, 1.54) is 52.5 Å². The Morgan fingerprint density at radius 3 is 2.20 bits per heavy atom. The van der Waals surface area contributed by atoms with Gasteiger partial charge >= 0.3 is 29.8 Å². The monoisotopic (exact) mass is 700 g/mol. The van der Waals surface area contributed by atoms with Crippen LogP contribution in [0.1, 0.15) is 73.5 Å². The summed E-state index contributed by atoms with van der Waals surface area (Å²) in [6.45, 7) is 16.0. The van der Waals surface area contributed by atoms with Crippen LogP contribution in [0.2, 0.25) is 0 Å². The smallest absolute Gasteiger partial charge is 0.351 e. The summed E-state index contributed by atoms with van der Waals surface area (Å²) >= 11 is 0. The van der Waals surface area contributed by atoms with Crippen LogP contribution in [-0.4, -0.2) is 84.0 Å². The Bertz CT molecular complexity index is 1660. The molecule has 0 unspecified atom stereocenters. The van der Waals surface area contributed by atoms with Gasteiger partial charge in [-0.1, -0.05) is 26.5 Å². The Morgan fingerprint density at radius 2 is 1.66 bits per heavy atom. The molecule has 14 nitrogen and oxygen atoms in total. The predicted octanol–water partition coefficient (Wildman–Crippen LogP) is 3.10. The van der Waals surface area contributed by atoms with Crippen molar-refractivity contribution in [2.24, 2.45) is 28.1 Å². The van der Waals surface area contributed by atoms with E-state index in [1.807, 2.05) is 0 Å². The Kier molecular flexibility index (Phi) is 9.23. The van der Waals surface area contributed by atoms with E-state index in [2.05, 4.69) is 6.58 Å². The second-order valence-electron chi connectivity index (χ2n) is 14.5. The molecule has 14 heteroatoms. The van der Waals surface area contributed by atoms with Gasteiger partial charge in [-0.3, -0.25) is 19.2 Å². The van der Waals surface area contributed by atoms with E-state index in [0.29, 0.717) is 5.56 Å². The van der Waals surface area contributed by atoms with Crippen LogP contribution >= 0.6 is 0 Å². The van der Waals surface area contributed by atoms with Crippen LogP contribution in [0.3, 0.4) is 0 Å². The van der Waals surface area contributed by atoms with Crippen molar-refractivity contribution in [3.05, 3.63) is 48.0 Å². The van der Waals surface area contributed by atoms with Crippen LogP contribution in [0.15, 0.2) is 46.8 Å². The summed E-state index contributed by atoms with van der Waals surface area (Å²) in [6, 6.07) is 1.51. The van der Waals surface area contributed by atoms with E-state index in [1.54, 1.807) is 20.8 Å². The number of carbonyl (C=O) groups is 6. The molecule has 50 heavy (non-hydrogen) atoms. The van der Waals surface area contributed by atoms with Crippen LogP contribution in [0, 0.1) is 28.1 Å². The Balaban J connectivity index is 1.88. The highest BCUT2D eigenvalue weighted by Gasteiger charge is 2.83. The molecular formula is C36H44O14. The molecule has 1 aromatic heterocycles. The van der Waals surface area contributed by atoms with Gasteiger partial charge in [-0.2, -0.15) is 0 Å². The minimum absolute atomic E-state index is 0.0853. The summed E-state index contributed by atoms with van der Waals surface area (Å²) in [6.07, 6.45) is -5.62. The molecule has 3 heterocycles. The lowest BCUT2D eigenvalue weighted by Gasteiger charge is -2.62. The van der Waals surface area contributed by atoms with Crippen LogP contribution in [-0.2, 0) is 57.2 Å². The van der Waals surface area contributed by atoms with Gasteiger partial charge in [0.05, 0.1) is 48.9 Å². The number of Topliss-reactive ketones (excluding diaryl/α,β-unsaturated/α-hetero) is 1. The number of fused-ring (bicyclic) bond motifs is 2. The number of rotatable bonds is 7. The third-order valence-electron chi connectivity index (χ3n) is 11.6. The summed E-state index contributed by atoms with van der Waals surface area (Å²) in [5, 5.41) is 12.4. The average molecular weight is 701 g/mol. The predicted molar refractivity (Wildman–Crippen MR) is 169 cm³/mol. The molecule has 4 aliphatic rings. The lowest BCUT2D eigenvalue weighted by molar-refractivity contribution is -0.316. The molecule has 2 saturated carbocycles. The number of hydrogen-bond acceptors (Lipinski definition) is 14. The van der Waals surface area contributed by atoms with E-state index >= 15 is 4.79 Å². The SMILES string of the molecule is C=C1[C@@H]2C(=O)[C@@]3(C)[C@@H](O[C@@]14[C@H](OC(C)=O)C(=O)O[C@@H](c1ccoc1)[C@]4(C)[C@H]2O)[C@@H](OC(=O)/C(C)=C/C)[C@H](OC(C)=O)C(C)(C)[C@@H]3CC(=O)OC. The van der Waals surface area contributed by atoms with E-state index in [9.17, 15) is 29.1 Å². The van der Waals surface area contributed by atoms with Gasteiger partial charge in [0.15, 0.2) is 11.9 Å². The molecule has 11 atom stereocenters. The molecular weight excluding hydrogens is 656 g/mol. The number of esters is 5. The molecule has 4 fully saturated rings. The molecule has 0 amide bonds. The van der Waals surface area contributed by atoms with Gasteiger partial charge in [0.1, 0.15) is 23.9 Å². The first-order valence-corrected chi connectivity index (χ1v) is 16.3. The first-order chi connectivity index (χ1) is 23.3. The van der Waals surface area contributed by atoms with Crippen molar-refractivity contribution in [3.63, 3.8) is 0 Å². The largest absolute Gasteiger partial charge is 0.472 e. The topological polar surface area (TPSA) is 191 Å². The molecule has 1 N–H and O–H groups in total. The number of carbonyl (C=O) groups excluding carboxylic acids is 6. The summed E-state index contributed by atoms with van der Waals surface area (Å²) in [7, 11) is 1.18. The van der Waals surface area contributed by atoms with Crippen LogP contribution in [0.5, 0.6) is 0 Å². The maximum atomic E-state index is 15.4. The molecule has 0 aromatic carbocycles. The molecule has 1 spiro atoms. The zero-order valence-corrected chi connectivity index (χ0v) is 29.6. The number of aliphatic hydroxyl groups is 1. The fraction of sp³-hybridized carbons (Fsp3) is 0.611. The van der Waals surface area contributed by atoms with Crippen LogP contribution < -0.4 is 0 Å². The number of allylic oxidation sites excluding steroid dienone is 1. The van der Waals surface area contributed by atoms with Gasteiger partial charge in [-0.25, -0.2) is 9.59 Å². The zero-order valence-electron chi connectivity index (χ0n) is 29.6. The van der Waals surface area contributed by atoms with Gasteiger partial charge in [0.25, 0.3) is 0 Å². The van der Waals surface area contributed by atoms with Gasteiger partial charge in [-0.15, -0.1) is 0 Å². The number of hydrogen-bond donors (Lipinski definition) is 1. The average Bonchev–Trinajstić information content (AvgIpc) is 3.62. The number of ketones is 1. The second kappa shape index (κ2) is 12.5. The van der Waals surface area contributed by atoms with E-state index in [4.69, 9.17) is 32.8 Å². The zero-order chi connectivity index (χ0) is 37.3. The molecule has 2 saturated heterocycles. The normalized spacial score (nSPS) is 38.9. The third kappa shape index (κ3) is 4.96. The number of aliphatic hydroxyl groups excluding tert-OH is 1. The van der Waals surface area contributed by atoms with Crippen molar-refractivity contribution in [3.8, 4) is 0 Å². The maximum absolute atomic E-state index is 15.4. The maximum Gasteiger partial charge on any atom is 0.351 e. The molecule has 0 radical (unpaired) electrons. The number of furan rings is 1. The minimum atomic E-state index is -2.21. The Hall–Kier alpha value is -4.30. The standard InChI is InChI=1S/C36H44O14/c1-11-16(2)31(42)48-24-28(46-18(4)37)33(6,7)21(14-22(39)44-10)34(8)25(40)23-17(3)36(50-29(24)34)30(47-19(5)38)32(43)49-27(20-12-13-45-15-20)35(36,9)26(23)41/h11-13,15,21,23-24,26-30,41H,3,14H2,1-2,4-10H3/b16-11+/t21-,23+,24-,26-,27-,28-,29-,30+,34-,35-,36+/m0/s1. The summed E-state index contributed by atoms with van der Waals surface area (Å²) in [5.74, 6) is -7.42. The number of ether oxygens (including phenoxy) is 6. The summed E-state index contributed by atoms with van der Waals surface area (Å²) in [4.78, 5) is 81.4. The second-order valence-corrected chi connectivity index (χ2v) is 14.5. The van der Waals surface area contributed by atoms with Crippen molar-refractivity contribution in [1.29, 1.82) is 0 Å². The quantitative estimate of drug-likeness (QED) is 0.189. The van der Waals surface area contributed by atoms with Crippen molar-refractivity contribution in [1.82, 2.24) is 0 Å². The minimum Gasteiger partial charge on any atom is -0.472 e. The van der Waals surface area contributed by atoms with Gasteiger partial charge in [0.2, 0.25) is 6.10 Å². The van der Waals surface area contributed by atoms with Crippen molar-refractivity contribution in [2.75, 3.05) is 7.11 Å². The lowest BCUT2D eigenvalue weighted by atomic mass is 9.49. The first kappa shape index (κ1) is 37.0. The molecule has 272 valence electrons. The van der Waals surface area contributed by atoms with E-state index < -0.39 is 106 Å². The van der Waals surface area contributed by atoms with E-state index in [-0.39, 0.29) is 17.6 Å². The highest BCUT2D eigenvalue weighted by atomic mass is 16.6. The van der Waals surface area contributed by atoms with Gasteiger partial charge in [-0.05, 0) is 45.3 Å². The summed E-state index contributed by atoms with van der Waals surface area (Å²) < 4.78 is 41.0. The van der Waals surface area contributed by atoms with Crippen molar-refractivity contribution < 1.29 is 66.7 Å². The van der Waals surface area contributed by atoms with Crippen LogP contribution in [0.25, 0.3) is 0 Å². The van der Waals surface area contributed by atoms with E-state index in [0.717, 1.165) is 13.8 Å². The fourth-order valence-electron chi connectivity index (χ4n) is 9.01.